The molecular weight excluding hydrogens is 430 g/mol. The van der Waals surface area contributed by atoms with Gasteiger partial charge in [0.15, 0.2) is 0 Å². The molecule has 0 spiro atoms. The monoisotopic (exact) mass is 451 g/mol. The van der Waals surface area contributed by atoms with Crippen LogP contribution in [-0.2, 0) is 0 Å². The highest BCUT2D eigenvalue weighted by molar-refractivity contribution is 9.10. The van der Waals surface area contributed by atoms with Gasteiger partial charge in [0, 0.05) is 23.2 Å². The predicted octanol–water partition coefficient (Wildman–Crippen LogP) is 4.81. The second kappa shape index (κ2) is 9.47. The number of piperidine rings is 1. The molecule has 2 N–H and O–H groups in total. The van der Waals surface area contributed by atoms with E-state index in [0.29, 0.717) is 17.8 Å². The van der Waals surface area contributed by atoms with Gasteiger partial charge in [0.25, 0.3) is 0 Å². The summed E-state index contributed by atoms with van der Waals surface area (Å²) in [6.45, 7) is 1.91. The lowest BCUT2D eigenvalue weighted by Crippen LogP contribution is -2.31. The van der Waals surface area contributed by atoms with E-state index >= 15 is 0 Å². The molecule has 148 valence electrons. The smallest absolute Gasteiger partial charge is 0.250 e. The first-order valence-electron chi connectivity index (χ1n) is 9.64. The molecule has 2 aromatic carbocycles. The maximum Gasteiger partial charge on any atom is 0.250 e. The summed E-state index contributed by atoms with van der Waals surface area (Å²) in [6, 6.07) is 17.8. The van der Waals surface area contributed by atoms with Gasteiger partial charge in [-0.15, -0.1) is 0 Å². The van der Waals surface area contributed by atoms with E-state index in [2.05, 4.69) is 51.6 Å². The molecule has 0 bridgehead atoms. The normalized spacial score (nSPS) is 14.2. The highest BCUT2D eigenvalue weighted by atomic mass is 79.9. The van der Waals surface area contributed by atoms with Crippen molar-refractivity contribution in [3.8, 4) is 0 Å². The van der Waals surface area contributed by atoms with Crippen molar-refractivity contribution < 1.29 is 0 Å². The van der Waals surface area contributed by atoms with E-state index in [1.807, 2.05) is 54.6 Å². The lowest BCUT2D eigenvalue weighted by Gasteiger charge is -2.26. The molecule has 1 aromatic heterocycles. The Bertz CT molecular complexity index is 955. The van der Waals surface area contributed by atoms with Crippen LogP contribution in [0.15, 0.2) is 64.2 Å². The van der Waals surface area contributed by atoms with Gasteiger partial charge in [-0.25, -0.2) is 5.43 Å². The third-order valence-corrected chi connectivity index (χ3v) is 5.07. The zero-order valence-electron chi connectivity index (χ0n) is 15.9. The maximum atomic E-state index is 4.62. The number of rotatable bonds is 6. The highest BCUT2D eigenvalue weighted by Gasteiger charge is 2.16. The van der Waals surface area contributed by atoms with Crippen LogP contribution in [0.2, 0.25) is 0 Å². The van der Waals surface area contributed by atoms with E-state index in [-0.39, 0.29) is 0 Å². The molecule has 1 aliphatic heterocycles. The van der Waals surface area contributed by atoms with Crippen LogP contribution >= 0.6 is 15.9 Å². The molecule has 29 heavy (non-hydrogen) atoms. The number of hydrogen-bond donors (Lipinski definition) is 2. The number of nitrogens with one attached hydrogen (secondary N) is 2. The van der Waals surface area contributed by atoms with Crippen molar-refractivity contribution >= 4 is 45.7 Å². The van der Waals surface area contributed by atoms with Gasteiger partial charge in [-0.1, -0.05) is 46.3 Å². The van der Waals surface area contributed by atoms with Crippen molar-refractivity contribution in [3.63, 3.8) is 0 Å². The third-order valence-electron chi connectivity index (χ3n) is 4.54. The number of hydrazone groups is 1. The van der Waals surface area contributed by atoms with Crippen molar-refractivity contribution in [3.05, 3.63) is 64.6 Å². The second-order valence-electron chi connectivity index (χ2n) is 6.74. The Morgan fingerprint density at radius 2 is 1.59 bits per heavy atom. The van der Waals surface area contributed by atoms with Gasteiger partial charge in [-0.2, -0.15) is 20.1 Å². The molecule has 0 atom stereocenters. The van der Waals surface area contributed by atoms with Crippen LogP contribution in [0.25, 0.3) is 0 Å². The Kier molecular flexibility index (Phi) is 6.31. The van der Waals surface area contributed by atoms with Crippen molar-refractivity contribution in [2.45, 2.75) is 19.3 Å². The molecule has 0 radical (unpaired) electrons. The summed E-state index contributed by atoms with van der Waals surface area (Å²) >= 11 is 3.43. The average Bonchev–Trinajstić information content (AvgIpc) is 2.76. The number of hydrogen-bond acceptors (Lipinski definition) is 7. The third kappa shape index (κ3) is 5.51. The van der Waals surface area contributed by atoms with Crippen LogP contribution in [0, 0.1) is 0 Å². The average molecular weight is 452 g/mol. The summed E-state index contributed by atoms with van der Waals surface area (Å²) in [4.78, 5) is 15.9. The van der Waals surface area contributed by atoms with Crippen LogP contribution < -0.4 is 15.6 Å². The van der Waals surface area contributed by atoms with Crippen LogP contribution in [0.5, 0.6) is 0 Å². The first kappa shape index (κ1) is 19.3. The van der Waals surface area contributed by atoms with Gasteiger partial charge in [0.1, 0.15) is 0 Å². The van der Waals surface area contributed by atoms with Crippen LogP contribution in [0.1, 0.15) is 24.8 Å². The molecule has 1 aliphatic rings. The summed E-state index contributed by atoms with van der Waals surface area (Å²) in [7, 11) is 0. The molecule has 8 heteroatoms. The number of anilines is 4. The first-order valence-corrected chi connectivity index (χ1v) is 10.4. The number of halogens is 1. The minimum absolute atomic E-state index is 0.410. The molecule has 0 amide bonds. The van der Waals surface area contributed by atoms with Crippen LogP contribution in [0.4, 0.5) is 23.5 Å². The minimum atomic E-state index is 0.410. The van der Waals surface area contributed by atoms with Gasteiger partial charge in [-0.05, 0) is 49.1 Å². The summed E-state index contributed by atoms with van der Waals surface area (Å²) < 4.78 is 1.03. The maximum absolute atomic E-state index is 4.62. The zero-order chi connectivity index (χ0) is 19.9. The van der Waals surface area contributed by atoms with E-state index in [4.69, 9.17) is 0 Å². The van der Waals surface area contributed by atoms with Gasteiger partial charge >= 0.3 is 0 Å². The lowest BCUT2D eigenvalue weighted by molar-refractivity contribution is 0.568. The van der Waals surface area contributed by atoms with Gasteiger partial charge in [0.05, 0.1) is 6.21 Å². The van der Waals surface area contributed by atoms with Gasteiger partial charge < -0.3 is 10.2 Å². The van der Waals surface area contributed by atoms with E-state index in [1.54, 1.807) is 6.21 Å². The molecule has 0 unspecified atom stereocenters. The van der Waals surface area contributed by atoms with Crippen molar-refractivity contribution in [1.29, 1.82) is 0 Å². The molecule has 1 fully saturated rings. The summed E-state index contributed by atoms with van der Waals surface area (Å²) in [5.41, 5.74) is 4.85. The standard InChI is InChI=1S/C21H22BrN7/c22-17-11-9-16(10-12-17)15-23-28-20-25-19(24-18-7-3-1-4-8-18)26-21(27-20)29-13-5-2-6-14-29/h1,3-4,7-12,15H,2,5-6,13-14H2,(H2,24,25,26,27,28)/b23-15-. The number of nitrogens with zero attached hydrogens (tertiary/aromatic N) is 5. The van der Waals surface area contributed by atoms with Crippen molar-refractivity contribution in [1.82, 2.24) is 15.0 Å². The first-order chi connectivity index (χ1) is 14.3. The Labute approximate surface area is 178 Å². The second-order valence-corrected chi connectivity index (χ2v) is 7.66. The predicted molar refractivity (Wildman–Crippen MR) is 121 cm³/mol. The van der Waals surface area contributed by atoms with Crippen molar-refractivity contribution in [2.75, 3.05) is 28.7 Å². The zero-order valence-corrected chi connectivity index (χ0v) is 17.5. The highest BCUT2D eigenvalue weighted by Crippen LogP contribution is 2.20. The minimum Gasteiger partial charge on any atom is -0.341 e. The topological polar surface area (TPSA) is 78.3 Å². The fourth-order valence-electron chi connectivity index (χ4n) is 3.07. The SMILES string of the molecule is Brc1ccc(/C=N\Nc2nc(Nc3ccccc3)nc(N3CCCCC3)n2)cc1. The van der Waals surface area contributed by atoms with E-state index in [9.17, 15) is 0 Å². The molecular formula is C21H22BrN7. The molecule has 3 aromatic rings. The fraction of sp³-hybridized carbons (Fsp3) is 0.238. The largest absolute Gasteiger partial charge is 0.341 e. The van der Waals surface area contributed by atoms with Crippen molar-refractivity contribution in [2.24, 2.45) is 5.10 Å². The van der Waals surface area contributed by atoms with Crippen LogP contribution in [-0.4, -0.2) is 34.3 Å². The molecule has 4 rings (SSSR count). The Balaban J connectivity index is 1.55. The molecule has 0 saturated carbocycles. The van der Waals surface area contributed by atoms with Gasteiger partial charge in [0.2, 0.25) is 17.8 Å². The van der Waals surface area contributed by atoms with E-state index < -0.39 is 0 Å². The quantitative estimate of drug-likeness (QED) is 0.413. The summed E-state index contributed by atoms with van der Waals surface area (Å²) in [6.07, 6.45) is 5.29. The summed E-state index contributed by atoms with van der Waals surface area (Å²) in [5.74, 6) is 1.57. The number of benzene rings is 2. The Morgan fingerprint density at radius 3 is 2.34 bits per heavy atom. The Hall–Kier alpha value is -3.00. The molecule has 1 saturated heterocycles. The van der Waals surface area contributed by atoms with Crippen LogP contribution in [0.3, 0.4) is 0 Å². The molecule has 2 heterocycles. The Morgan fingerprint density at radius 1 is 0.862 bits per heavy atom. The lowest BCUT2D eigenvalue weighted by atomic mass is 10.1. The fourth-order valence-corrected chi connectivity index (χ4v) is 3.33. The van der Waals surface area contributed by atoms with E-state index in [0.717, 1.165) is 41.7 Å². The number of para-hydroxylation sites is 1. The van der Waals surface area contributed by atoms with Gasteiger partial charge in [-0.3, -0.25) is 0 Å². The number of aromatic nitrogens is 3. The molecule has 7 nitrogen and oxygen atoms in total. The summed E-state index contributed by atoms with van der Waals surface area (Å²) in [5, 5.41) is 7.54. The van der Waals surface area contributed by atoms with E-state index in [1.165, 1.54) is 6.42 Å². The molecule has 0 aliphatic carbocycles.